The number of hydrogen-bond acceptors (Lipinski definition) is 3. The molecule has 4 aromatic rings. The number of aromatic nitrogens is 3. The van der Waals surface area contributed by atoms with Crippen LogP contribution >= 0.6 is 0 Å². The average Bonchev–Trinajstić information content (AvgIpc) is 3.14. The number of fused-ring (bicyclic) bond motifs is 1. The molecular formula is C25H24N4O. The van der Waals surface area contributed by atoms with Crippen LogP contribution in [0.1, 0.15) is 47.1 Å². The lowest BCUT2D eigenvalue weighted by molar-refractivity contribution is -0.115. The van der Waals surface area contributed by atoms with Crippen LogP contribution in [-0.2, 0) is 11.2 Å². The Morgan fingerprint density at radius 3 is 2.83 bits per heavy atom. The topological polar surface area (TPSA) is 70.7 Å². The minimum Gasteiger partial charge on any atom is -0.309 e. The summed E-state index contributed by atoms with van der Waals surface area (Å²) in [6, 6.07) is 20.6. The largest absolute Gasteiger partial charge is 0.309 e. The van der Waals surface area contributed by atoms with Crippen molar-refractivity contribution >= 4 is 22.6 Å². The van der Waals surface area contributed by atoms with Gasteiger partial charge in [0, 0.05) is 29.3 Å². The zero-order valence-electron chi connectivity index (χ0n) is 16.9. The number of nitrogens with zero attached hydrogens (tertiary/aromatic N) is 2. The van der Waals surface area contributed by atoms with Gasteiger partial charge in [-0.15, -0.1) is 0 Å². The highest BCUT2D eigenvalue weighted by Crippen LogP contribution is 2.47. The minimum atomic E-state index is -0.0671. The molecule has 5 heteroatoms. The number of benzene rings is 2. The Balaban J connectivity index is 1.18. The van der Waals surface area contributed by atoms with E-state index in [2.05, 4.69) is 51.7 Å². The molecule has 0 atom stereocenters. The number of amides is 1. The maximum atomic E-state index is 12.5. The lowest BCUT2D eigenvalue weighted by Gasteiger charge is -2.35. The number of carbonyl (C=O) groups excluding carboxylic acids is 1. The van der Waals surface area contributed by atoms with E-state index in [0.29, 0.717) is 24.1 Å². The first kappa shape index (κ1) is 18.6. The molecule has 1 saturated carbocycles. The highest BCUT2D eigenvalue weighted by atomic mass is 16.1. The Hall–Kier alpha value is -3.47. The van der Waals surface area contributed by atoms with Crippen LogP contribution in [0.15, 0.2) is 66.9 Å². The standard InChI is InChI=1S/C25H24N4O/c1-16-4-2-5-18(10-16)20-13-21(14-20)23-15-24(29-28-23)27-25(30)12-17-7-8-22-19(11-17)6-3-9-26-22/h2-11,15,20-21H,12-14H2,1H3,(H2,27,28,29,30). The van der Waals surface area contributed by atoms with Gasteiger partial charge in [-0.3, -0.25) is 14.9 Å². The van der Waals surface area contributed by atoms with Gasteiger partial charge in [0.05, 0.1) is 11.9 Å². The van der Waals surface area contributed by atoms with Crippen LogP contribution in [-0.4, -0.2) is 21.1 Å². The molecule has 1 aliphatic rings. The van der Waals surface area contributed by atoms with Crippen LogP contribution in [0, 0.1) is 6.92 Å². The normalized spacial score (nSPS) is 18.2. The van der Waals surface area contributed by atoms with Crippen molar-refractivity contribution in [3.63, 3.8) is 0 Å². The number of H-pyrrole nitrogens is 1. The fourth-order valence-electron chi connectivity index (χ4n) is 4.29. The molecule has 2 aromatic carbocycles. The van der Waals surface area contributed by atoms with Crippen LogP contribution in [0.5, 0.6) is 0 Å². The van der Waals surface area contributed by atoms with Crippen molar-refractivity contribution in [3.8, 4) is 0 Å². The Morgan fingerprint density at radius 1 is 1.07 bits per heavy atom. The molecular weight excluding hydrogens is 372 g/mol. The van der Waals surface area contributed by atoms with Gasteiger partial charge in [-0.25, -0.2) is 0 Å². The van der Waals surface area contributed by atoms with Gasteiger partial charge in [-0.05, 0) is 55.0 Å². The second-order valence-electron chi connectivity index (χ2n) is 8.24. The van der Waals surface area contributed by atoms with Gasteiger partial charge in [0.1, 0.15) is 0 Å². The third-order valence-electron chi connectivity index (χ3n) is 5.99. The summed E-state index contributed by atoms with van der Waals surface area (Å²) in [5, 5.41) is 11.4. The molecule has 2 N–H and O–H groups in total. The lowest BCUT2D eigenvalue weighted by atomic mass is 9.70. The smallest absolute Gasteiger partial charge is 0.229 e. The number of aromatic amines is 1. The summed E-state index contributed by atoms with van der Waals surface area (Å²) in [6.45, 7) is 2.14. The Morgan fingerprint density at radius 2 is 1.97 bits per heavy atom. The number of rotatable bonds is 5. The number of anilines is 1. The molecule has 0 bridgehead atoms. The molecule has 1 aliphatic carbocycles. The fraction of sp³-hybridized carbons (Fsp3) is 0.240. The van der Waals surface area contributed by atoms with Gasteiger partial charge in [0.25, 0.3) is 0 Å². The highest BCUT2D eigenvalue weighted by Gasteiger charge is 2.32. The Labute approximate surface area is 175 Å². The summed E-state index contributed by atoms with van der Waals surface area (Å²) in [4.78, 5) is 16.8. The average molecular weight is 396 g/mol. The van der Waals surface area contributed by atoms with E-state index in [1.807, 2.05) is 36.4 Å². The summed E-state index contributed by atoms with van der Waals surface area (Å²) in [5.41, 5.74) is 5.73. The first-order valence-corrected chi connectivity index (χ1v) is 10.4. The van der Waals surface area contributed by atoms with Crippen molar-refractivity contribution in [2.75, 3.05) is 5.32 Å². The van der Waals surface area contributed by atoms with Gasteiger partial charge >= 0.3 is 0 Å². The molecule has 5 nitrogen and oxygen atoms in total. The SMILES string of the molecule is Cc1cccc(C2CC(c3cc(NC(=O)Cc4ccc5ncccc5c4)n[nH]3)C2)c1. The third-order valence-corrected chi connectivity index (χ3v) is 5.99. The van der Waals surface area contributed by atoms with E-state index in [1.165, 1.54) is 11.1 Å². The summed E-state index contributed by atoms with van der Waals surface area (Å²) < 4.78 is 0. The van der Waals surface area contributed by atoms with Crippen molar-refractivity contribution < 1.29 is 4.79 Å². The molecule has 0 saturated heterocycles. The van der Waals surface area contributed by atoms with Gasteiger partial charge in [0.15, 0.2) is 5.82 Å². The molecule has 1 amide bonds. The van der Waals surface area contributed by atoms with Gasteiger partial charge in [-0.1, -0.05) is 42.0 Å². The lowest BCUT2D eigenvalue weighted by Crippen LogP contribution is -2.20. The molecule has 1 fully saturated rings. The maximum absolute atomic E-state index is 12.5. The quantitative estimate of drug-likeness (QED) is 0.492. The summed E-state index contributed by atoms with van der Waals surface area (Å²) in [5.74, 6) is 1.61. The van der Waals surface area contributed by atoms with Crippen LogP contribution in [0.2, 0.25) is 0 Å². The van der Waals surface area contributed by atoms with E-state index in [1.54, 1.807) is 6.20 Å². The molecule has 0 radical (unpaired) electrons. The fourth-order valence-corrected chi connectivity index (χ4v) is 4.29. The van der Waals surface area contributed by atoms with E-state index >= 15 is 0 Å². The van der Waals surface area contributed by atoms with E-state index in [0.717, 1.165) is 35.0 Å². The van der Waals surface area contributed by atoms with E-state index in [9.17, 15) is 4.79 Å². The molecule has 0 aliphatic heterocycles. The predicted octanol–water partition coefficient (Wildman–Crippen LogP) is 5.11. The van der Waals surface area contributed by atoms with Crippen molar-refractivity contribution in [2.45, 2.75) is 38.0 Å². The number of aryl methyl sites for hydroxylation is 1. The molecule has 0 unspecified atom stereocenters. The first-order valence-electron chi connectivity index (χ1n) is 10.4. The van der Waals surface area contributed by atoms with Gasteiger partial charge in [-0.2, -0.15) is 5.10 Å². The van der Waals surface area contributed by atoms with Gasteiger partial charge < -0.3 is 5.32 Å². The Kier molecular flexibility index (Phi) is 4.79. The zero-order chi connectivity index (χ0) is 20.5. The number of nitrogens with one attached hydrogen (secondary N) is 2. The second kappa shape index (κ2) is 7.75. The van der Waals surface area contributed by atoms with Crippen molar-refractivity contribution in [2.24, 2.45) is 0 Å². The third kappa shape index (κ3) is 3.83. The van der Waals surface area contributed by atoms with E-state index in [-0.39, 0.29) is 5.91 Å². The summed E-state index contributed by atoms with van der Waals surface area (Å²) in [7, 11) is 0. The summed E-state index contributed by atoms with van der Waals surface area (Å²) in [6.07, 6.45) is 4.31. The molecule has 2 heterocycles. The molecule has 2 aromatic heterocycles. The molecule has 0 spiro atoms. The number of pyridine rings is 1. The number of carbonyl (C=O) groups is 1. The van der Waals surface area contributed by atoms with Crippen molar-refractivity contribution in [3.05, 3.63) is 89.2 Å². The molecule has 5 rings (SSSR count). The summed E-state index contributed by atoms with van der Waals surface area (Å²) >= 11 is 0. The highest BCUT2D eigenvalue weighted by molar-refractivity contribution is 5.92. The second-order valence-corrected chi connectivity index (χ2v) is 8.24. The minimum absolute atomic E-state index is 0.0671. The van der Waals surface area contributed by atoms with Crippen LogP contribution in [0.4, 0.5) is 5.82 Å². The van der Waals surface area contributed by atoms with Crippen molar-refractivity contribution in [1.29, 1.82) is 0 Å². The van der Waals surface area contributed by atoms with E-state index in [4.69, 9.17) is 0 Å². The predicted molar refractivity (Wildman–Crippen MR) is 119 cm³/mol. The van der Waals surface area contributed by atoms with Gasteiger partial charge in [0.2, 0.25) is 5.91 Å². The van der Waals surface area contributed by atoms with Crippen molar-refractivity contribution in [1.82, 2.24) is 15.2 Å². The van der Waals surface area contributed by atoms with Crippen LogP contribution < -0.4 is 5.32 Å². The van der Waals surface area contributed by atoms with Crippen LogP contribution in [0.25, 0.3) is 10.9 Å². The zero-order valence-corrected chi connectivity index (χ0v) is 16.9. The number of hydrogen-bond donors (Lipinski definition) is 2. The monoisotopic (exact) mass is 396 g/mol. The Bertz CT molecular complexity index is 1210. The van der Waals surface area contributed by atoms with Crippen LogP contribution in [0.3, 0.4) is 0 Å². The molecule has 150 valence electrons. The van der Waals surface area contributed by atoms with E-state index < -0.39 is 0 Å². The molecule has 30 heavy (non-hydrogen) atoms. The first-order chi connectivity index (χ1) is 14.6. The maximum Gasteiger partial charge on any atom is 0.229 e.